The van der Waals surface area contributed by atoms with Crippen molar-refractivity contribution in [2.24, 2.45) is 0 Å². The van der Waals surface area contributed by atoms with Crippen molar-refractivity contribution in [1.29, 1.82) is 0 Å². The van der Waals surface area contributed by atoms with Crippen LogP contribution in [0, 0.1) is 3.57 Å². The highest BCUT2D eigenvalue weighted by molar-refractivity contribution is 14.1. The van der Waals surface area contributed by atoms with Crippen molar-refractivity contribution >= 4 is 45.2 Å². The minimum atomic E-state index is -0.0567. The number of hydrogen-bond donors (Lipinski definition) is 0. The van der Waals surface area contributed by atoms with E-state index in [1.54, 1.807) is 0 Å². The van der Waals surface area contributed by atoms with Crippen LogP contribution in [0.2, 0.25) is 0 Å². The molecule has 1 fully saturated rings. The van der Waals surface area contributed by atoms with Crippen LogP contribution >= 0.6 is 34.2 Å². The van der Waals surface area contributed by atoms with E-state index < -0.39 is 0 Å². The van der Waals surface area contributed by atoms with E-state index in [2.05, 4.69) is 52.3 Å². The first-order chi connectivity index (χ1) is 9.51. The molecule has 1 heterocycles. The number of fused-ring (bicyclic) bond motifs is 1. The third kappa shape index (κ3) is 2.47. The lowest BCUT2D eigenvalue weighted by Gasteiger charge is -2.37. The fourth-order valence-electron chi connectivity index (χ4n) is 3.44. The number of imidazole rings is 1. The molecule has 1 aliphatic carbocycles. The third-order valence-corrected chi connectivity index (χ3v) is 5.33. The molecule has 0 radical (unpaired) electrons. The van der Waals surface area contributed by atoms with Crippen LogP contribution in [-0.4, -0.2) is 9.55 Å². The van der Waals surface area contributed by atoms with Gasteiger partial charge in [0.25, 0.3) is 0 Å². The Morgan fingerprint density at radius 3 is 2.65 bits per heavy atom. The molecule has 1 saturated carbocycles. The van der Waals surface area contributed by atoms with Crippen molar-refractivity contribution in [1.82, 2.24) is 9.55 Å². The monoisotopic (exact) mass is 402 g/mol. The van der Waals surface area contributed by atoms with E-state index in [1.165, 1.54) is 41.2 Å². The van der Waals surface area contributed by atoms with Gasteiger partial charge in [0.2, 0.25) is 0 Å². The highest BCUT2D eigenvalue weighted by Crippen LogP contribution is 2.40. The Hall–Kier alpha value is -0.290. The van der Waals surface area contributed by atoms with Gasteiger partial charge in [-0.05, 0) is 67.5 Å². The predicted molar refractivity (Wildman–Crippen MR) is 93.5 cm³/mol. The first-order valence-corrected chi connectivity index (χ1v) is 8.85. The summed E-state index contributed by atoms with van der Waals surface area (Å²) in [4.78, 5) is 4.82. The highest BCUT2D eigenvalue weighted by Gasteiger charge is 2.33. The van der Waals surface area contributed by atoms with E-state index in [4.69, 9.17) is 16.6 Å². The molecule has 0 saturated heterocycles. The molecule has 1 atom stereocenters. The van der Waals surface area contributed by atoms with Gasteiger partial charge in [0.15, 0.2) is 0 Å². The second kappa shape index (κ2) is 5.48. The van der Waals surface area contributed by atoms with E-state index in [9.17, 15) is 0 Å². The Labute approximate surface area is 139 Å². The van der Waals surface area contributed by atoms with Crippen molar-refractivity contribution < 1.29 is 0 Å². The molecular formula is C16H20ClIN2. The number of benzene rings is 1. The summed E-state index contributed by atoms with van der Waals surface area (Å²) < 4.78 is 3.65. The molecule has 4 heteroatoms. The lowest BCUT2D eigenvalue weighted by Crippen LogP contribution is -2.34. The smallest absolute Gasteiger partial charge is 0.128 e. The molecule has 2 nitrogen and oxygen atoms in total. The minimum Gasteiger partial charge on any atom is -0.321 e. The molecule has 1 aliphatic rings. The summed E-state index contributed by atoms with van der Waals surface area (Å²) >= 11 is 8.76. The van der Waals surface area contributed by atoms with Gasteiger partial charge >= 0.3 is 0 Å². The predicted octanol–water partition coefficient (Wildman–Crippen LogP) is 5.62. The Morgan fingerprint density at radius 2 is 2.00 bits per heavy atom. The maximum atomic E-state index is 6.42. The molecule has 2 aromatic rings. The normalized spacial score (nSPS) is 20.2. The number of rotatable bonds is 2. The van der Waals surface area contributed by atoms with Gasteiger partial charge in [-0.2, -0.15) is 0 Å². The van der Waals surface area contributed by atoms with E-state index in [0.717, 1.165) is 11.3 Å². The standard InChI is InChI=1S/C16H20ClIN2/c1-11(17)15-19-13-10-12(18)6-7-14(13)20(15)16(2)8-4-3-5-9-16/h6-7,10-11H,3-5,8-9H2,1-2H3. The fourth-order valence-corrected chi connectivity index (χ4v) is 4.06. The fraction of sp³-hybridized carbons (Fsp3) is 0.562. The van der Waals surface area contributed by atoms with Gasteiger partial charge in [0, 0.05) is 9.11 Å². The van der Waals surface area contributed by atoms with E-state index in [1.807, 2.05) is 6.92 Å². The number of nitrogens with zero attached hydrogens (tertiary/aromatic N) is 2. The van der Waals surface area contributed by atoms with Crippen LogP contribution in [0.25, 0.3) is 11.0 Å². The maximum absolute atomic E-state index is 6.42. The summed E-state index contributed by atoms with van der Waals surface area (Å²) in [5, 5.41) is -0.0567. The van der Waals surface area contributed by atoms with Gasteiger partial charge < -0.3 is 4.57 Å². The maximum Gasteiger partial charge on any atom is 0.128 e. The summed E-state index contributed by atoms with van der Waals surface area (Å²) in [7, 11) is 0. The van der Waals surface area contributed by atoms with Crippen LogP contribution in [0.5, 0.6) is 0 Å². The molecule has 1 aromatic heterocycles. The number of halogens is 2. The SMILES string of the molecule is CC(Cl)c1nc2cc(I)ccc2n1C1(C)CCCCC1. The lowest BCUT2D eigenvalue weighted by molar-refractivity contribution is 0.219. The second-order valence-corrected chi connectivity index (χ2v) is 8.01. The molecule has 0 amide bonds. The van der Waals surface area contributed by atoms with Crippen LogP contribution in [0.3, 0.4) is 0 Å². The average molecular weight is 403 g/mol. The Balaban J connectivity index is 2.23. The first kappa shape index (κ1) is 14.6. The van der Waals surface area contributed by atoms with Crippen LogP contribution < -0.4 is 0 Å². The second-order valence-electron chi connectivity index (χ2n) is 6.11. The van der Waals surface area contributed by atoms with Gasteiger partial charge in [-0.3, -0.25) is 0 Å². The average Bonchev–Trinajstić information content (AvgIpc) is 2.79. The molecule has 0 bridgehead atoms. The van der Waals surface area contributed by atoms with Gasteiger partial charge in [-0.25, -0.2) is 4.98 Å². The van der Waals surface area contributed by atoms with Crippen LogP contribution in [0.15, 0.2) is 18.2 Å². The number of aromatic nitrogens is 2. The molecule has 20 heavy (non-hydrogen) atoms. The highest BCUT2D eigenvalue weighted by atomic mass is 127. The topological polar surface area (TPSA) is 17.8 Å². The zero-order chi connectivity index (χ0) is 14.3. The minimum absolute atomic E-state index is 0.0567. The molecule has 1 aromatic carbocycles. The molecular weight excluding hydrogens is 383 g/mol. The zero-order valence-corrected chi connectivity index (χ0v) is 14.9. The molecule has 108 valence electrons. The zero-order valence-electron chi connectivity index (χ0n) is 12.0. The first-order valence-electron chi connectivity index (χ1n) is 7.34. The van der Waals surface area contributed by atoms with E-state index in [0.29, 0.717) is 0 Å². The quantitative estimate of drug-likeness (QED) is 0.471. The Bertz CT molecular complexity index is 627. The van der Waals surface area contributed by atoms with Crippen molar-refractivity contribution in [3.05, 3.63) is 27.6 Å². The molecule has 1 unspecified atom stereocenters. The van der Waals surface area contributed by atoms with Gasteiger partial charge in [-0.1, -0.05) is 19.3 Å². The van der Waals surface area contributed by atoms with Crippen molar-refractivity contribution in [3.63, 3.8) is 0 Å². The molecule has 0 aliphatic heterocycles. The third-order valence-electron chi connectivity index (χ3n) is 4.47. The Kier molecular flexibility index (Phi) is 4.01. The molecule has 0 spiro atoms. The van der Waals surface area contributed by atoms with E-state index >= 15 is 0 Å². The van der Waals surface area contributed by atoms with Gasteiger partial charge in [-0.15, -0.1) is 11.6 Å². The van der Waals surface area contributed by atoms with Crippen molar-refractivity contribution in [2.45, 2.75) is 56.9 Å². The van der Waals surface area contributed by atoms with Crippen LogP contribution in [0.4, 0.5) is 0 Å². The van der Waals surface area contributed by atoms with E-state index in [-0.39, 0.29) is 10.9 Å². The number of alkyl halides is 1. The van der Waals surface area contributed by atoms with Crippen LogP contribution in [-0.2, 0) is 5.54 Å². The van der Waals surface area contributed by atoms with Gasteiger partial charge in [0.1, 0.15) is 5.82 Å². The van der Waals surface area contributed by atoms with Crippen molar-refractivity contribution in [3.8, 4) is 0 Å². The molecule has 0 N–H and O–H groups in total. The summed E-state index contributed by atoms with van der Waals surface area (Å²) in [6, 6.07) is 6.52. The number of hydrogen-bond acceptors (Lipinski definition) is 1. The largest absolute Gasteiger partial charge is 0.321 e. The summed E-state index contributed by atoms with van der Waals surface area (Å²) in [5.41, 5.74) is 2.47. The lowest BCUT2D eigenvalue weighted by atomic mass is 9.82. The Morgan fingerprint density at radius 1 is 1.30 bits per heavy atom. The summed E-state index contributed by atoms with van der Waals surface area (Å²) in [6.07, 6.45) is 6.40. The van der Waals surface area contributed by atoms with Gasteiger partial charge in [0.05, 0.1) is 16.4 Å². The van der Waals surface area contributed by atoms with Crippen LogP contribution in [0.1, 0.15) is 57.2 Å². The summed E-state index contributed by atoms with van der Waals surface area (Å²) in [6.45, 7) is 4.39. The summed E-state index contributed by atoms with van der Waals surface area (Å²) in [5.74, 6) is 1.02. The molecule has 3 rings (SSSR count). The van der Waals surface area contributed by atoms with Crippen molar-refractivity contribution in [2.75, 3.05) is 0 Å².